The molecule has 4 nitrogen and oxygen atoms in total. The van der Waals surface area contributed by atoms with E-state index >= 15 is 0 Å². The van der Waals surface area contributed by atoms with Crippen LogP contribution in [0.1, 0.15) is 22.9 Å². The van der Waals surface area contributed by atoms with Crippen molar-refractivity contribution >= 4 is 34.8 Å². The lowest BCUT2D eigenvalue weighted by atomic mass is 10.0. The number of rotatable bonds is 5. The van der Waals surface area contributed by atoms with Crippen LogP contribution in [-0.4, -0.2) is 19.9 Å². The Kier molecular flexibility index (Phi) is 6.11. The summed E-state index contributed by atoms with van der Waals surface area (Å²) in [7, 11) is 0. The van der Waals surface area contributed by atoms with Crippen molar-refractivity contribution in [3.05, 3.63) is 98.9 Å². The largest absolute Gasteiger partial charge is 0.386 e. The molecule has 2 aromatic heterocycles. The Hall–Kier alpha value is -2.37. The smallest absolute Gasteiger partial charge is 0.102 e. The highest BCUT2D eigenvalue weighted by Gasteiger charge is 2.23. The summed E-state index contributed by atoms with van der Waals surface area (Å²) in [5.41, 5.74) is 4.85. The highest BCUT2D eigenvalue weighted by molar-refractivity contribution is 6.35. The number of hydrogen-bond donors (Lipinski definition) is 1. The average Bonchev–Trinajstić information content (AvgIpc) is 3.06. The van der Waals surface area contributed by atoms with Gasteiger partial charge in [-0.3, -0.25) is 4.98 Å². The highest BCUT2D eigenvalue weighted by atomic mass is 35.5. The van der Waals surface area contributed by atoms with Gasteiger partial charge in [-0.2, -0.15) is 5.10 Å². The summed E-state index contributed by atoms with van der Waals surface area (Å²) in [6.45, 7) is 1.95. The lowest BCUT2D eigenvalue weighted by molar-refractivity contribution is 0.172. The summed E-state index contributed by atoms with van der Waals surface area (Å²) in [4.78, 5) is 4.03. The summed E-state index contributed by atoms with van der Waals surface area (Å²) in [6.07, 6.45) is 3.06. The zero-order valence-electron chi connectivity index (χ0n) is 16.1. The van der Waals surface area contributed by atoms with Gasteiger partial charge in [-0.05, 0) is 55.0 Å². The van der Waals surface area contributed by atoms with E-state index in [0.717, 1.165) is 22.4 Å². The first-order valence-corrected chi connectivity index (χ1v) is 10.5. The van der Waals surface area contributed by atoms with E-state index in [2.05, 4.69) is 4.98 Å². The molecule has 0 spiro atoms. The Morgan fingerprint density at radius 3 is 2.27 bits per heavy atom. The van der Waals surface area contributed by atoms with Gasteiger partial charge in [0.25, 0.3) is 0 Å². The van der Waals surface area contributed by atoms with Crippen LogP contribution in [0.4, 0.5) is 0 Å². The van der Waals surface area contributed by atoms with Crippen LogP contribution in [0, 0.1) is 6.92 Å². The first-order chi connectivity index (χ1) is 14.4. The third-order valence-corrected chi connectivity index (χ3v) is 5.70. The summed E-state index contributed by atoms with van der Waals surface area (Å²) in [6, 6.07) is 16.5. The molecule has 1 unspecified atom stereocenters. The predicted molar refractivity (Wildman–Crippen MR) is 122 cm³/mol. The van der Waals surface area contributed by atoms with Crippen molar-refractivity contribution in [3.8, 4) is 16.9 Å². The van der Waals surface area contributed by atoms with Gasteiger partial charge in [-0.25, -0.2) is 4.68 Å². The molecule has 1 atom stereocenters. The number of aliphatic hydroxyl groups is 1. The molecule has 0 bridgehead atoms. The average molecular weight is 459 g/mol. The zero-order chi connectivity index (χ0) is 21.3. The maximum absolute atomic E-state index is 11.0. The molecule has 2 heterocycles. The molecular weight excluding hydrogens is 441 g/mol. The van der Waals surface area contributed by atoms with Gasteiger partial charge in [-0.15, -0.1) is 0 Å². The van der Waals surface area contributed by atoms with E-state index in [9.17, 15) is 5.11 Å². The lowest BCUT2D eigenvalue weighted by Crippen LogP contribution is -2.05. The van der Waals surface area contributed by atoms with E-state index in [1.807, 2.05) is 49.4 Å². The number of benzene rings is 2. The third kappa shape index (κ3) is 4.23. The van der Waals surface area contributed by atoms with Gasteiger partial charge in [0.1, 0.15) is 6.10 Å². The molecule has 0 aliphatic carbocycles. The van der Waals surface area contributed by atoms with Crippen LogP contribution >= 0.6 is 34.8 Å². The zero-order valence-corrected chi connectivity index (χ0v) is 18.3. The topological polar surface area (TPSA) is 50.9 Å². The Bertz CT molecular complexity index is 1170. The van der Waals surface area contributed by atoms with E-state index in [1.54, 1.807) is 29.2 Å². The van der Waals surface area contributed by atoms with Crippen LogP contribution in [0.25, 0.3) is 16.9 Å². The number of aromatic nitrogens is 3. The molecule has 1 N–H and O–H groups in total. The van der Waals surface area contributed by atoms with Crippen molar-refractivity contribution in [2.75, 3.05) is 0 Å². The van der Waals surface area contributed by atoms with Crippen LogP contribution in [0.2, 0.25) is 15.1 Å². The number of hydrogen-bond acceptors (Lipinski definition) is 3. The van der Waals surface area contributed by atoms with Gasteiger partial charge in [0.05, 0.1) is 22.1 Å². The summed E-state index contributed by atoms with van der Waals surface area (Å²) < 4.78 is 1.75. The van der Waals surface area contributed by atoms with Gasteiger partial charge in [0.15, 0.2) is 0 Å². The lowest BCUT2D eigenvalue weighted by Gasteiger charge is -2.11. The van der Waals surface area contributed by atoms with Gasteiger partial charge in [-0.1, -0.05) is 46.9 Å². The number of halogens is 3. The molecule has 4 rings (SSSR count). The first-order valence-electron chi connectivity index (χ1n) is 9.32. The molecule has 0 fully saturated rings. The normalized spacial score (nSPS) is 12.2. The van der Waals surface area contributed by atoms with Crippen LogP contribution in [0.3, 0.4) is 0 Å². The maximum atomic E-state index is 11.0. The van der Waals surface area contributed by atoms with Crippen LogP contribution < -0.4 is 0 Å². The standard InChI is InChI=1S/C23H18Cl3N3O/c1-14-22(21(30)12-15-8-10-27-11-9-15)28-29(20-7-6-18(25)13-19(20)26)23(14)16-2-4-17(24)5-3-16/h2-11,13,21,30H,12H2,1H3. The van der Waals surface area contributed by atoms with Gasteiger partial charge >= 0.3 is 0 Å². The van der Waals surface area contributed by atoms with Crippen molar-refractivity contribution in [3.63, 3.8) is 0 Å². The van der Waals surface area contributed by atoms with E-state index in [4.69, 9.17) is 39.9 Å². The monoisotopic (exact) mass is 457 g/mol. The van der Waals surface area contributed by atoms with E-state index in [0.29, 0.717) is 32.9 Å². The molecule has 2 aromatic carbocycles. The molecule has 0 aliphatic heterocycles. The third-order valence-electron chi connectivity index (χ3n) is 4.91. The minimum atomic E-state index is -0.786. The predicted octanol–water partition coefficient (Wildman–Crippen LogP) is 6.48. The number of pyridine rings is 1. The van der Waals surface area contributed by atoms with Crippen LogP contribution in [0.5, 0.6) is 0 Å². The second-order valence-corrected chi connectivity index (χ2v) is 8.23. The Morgan fingerprint density at radius 1 is 0.933 bits per heavy atom. The number of nitrogens with zero attached hydrogens (tertiary/aromatic N) is 3. The summed E-state index contributed by atoms with van der Waals surface area (Å²) in [5, 5.41) is 17.4. The Morgan fingerprint density at radius 2 is 1.60 bits per heavy atom. The van der Waals surface area contributed by atoms with E-state index in [-0.39, 0.29) is 0 Å². The molecule has 0 saturated carbocycles. The first kappa shape index (κ1) is 20.9. The number of aliphatic hydroxyl groups excluding tert-OH is 1. The maximum Gasteiger partial charge on any atom is 0.102 e. The molecule has 0 saturated heterocycles. The van der Waals surface area contributed by atoms with Crippen molar-refractivity contribution in [2.24, 2.45) is 0 Å². The molecule has 0 amide bonds. The van der Waals surface area contributed by atoms with Crippen molar-refractivity contribution in [2.45, 2.75) is 19.4 Å². The summed E-state index contributed by atoms with van der Waals surface area (Å²) in [5.74, 6) is 0. The minimum Gasteiger partial charge on any atom is -0.386 e. The van der Waals surface area contributed by atoms with Gasteiger partial charge in [0, 0.05) is 40.0 Å². The van der Waals surface area contributed by atoms with E-state index in [1.165, 1.54) is 0 Å². The Balaban J connectivity index is 1.85. The van der Waals surface area contributed by atoms with Crippen molar-refractivity contribution in [1.82, 2.24) is 14.8 Å². The van der Waals surface area contributed by atoms with Gasteiger partial charge < -0.3 is 5.11 Å². The van der Waals surface area contributed by atoms with Crippen LogP contribution in [0.15, 0.2) is 67.0 Å². The summed E-state index contributed by atoms with van der Waals surface area (Å²) >= 11 is 18.6. The highest BCUT2D eigenvalue weighted by Crippen LogP contribution is 2.35. The molecule has 4 aromatic rings. The SMILES string of the molecule is Cc1c(C(O)Cc2ccncc2)nn(-c2ccc(Cl)cc2Cl)c1-c1ccc(Cl)cc1. The van der Waals surface area contributed by atoms with Crippen molar-refractivity contribution < 1.29 is 5.11 Å². The van der Waals surface area contributed by atoms with Crippen LogP contribution in [-0.2, 0) is 6.42 Å². The van der Waals surface area contributed by atoms with E-state index < -0.39 is 6.10 Å². The van der Waals surface area contributed by atoms with Crippen molar-refractivity contribution in [1.29, 1.82) is 0 Å². The molecule has 30 heavy (non-hydrogen) atoms. The quantitative estimate of drug-likeness (QED) is 0.372. The minimum absolute atomic E-state index is 0.425. The fourth-order valence-electron chi connectivity index (χ4n) is 3.44. The van der Waals surface area contributed by atoms with Gasteiger partial charge in [0.2, 0.25) is 0 Å². The fourth-order valence-corrected chi connectivity index (χ4v) is 4.06. The molecule has 0 aliphatic rings. The Labute approximate surface area is 189 Å². The molecular formula is C23H18Cl3N3O. The molecule has 7 heteroatoms. The molecule has 0 radical (unpaired) electrons. The fraction of sp³-hybridized carbons (Fsp3) is 0.130. The second kappa shape index (κ2) is 8.78. The second-order valence-electron chi connectivity index (χ2n) is 6.95. The molecule has 152 valence electrons.